The molecule has 2 N–H and O–H groups in total. The van der Waals surface area contributed by atoms with Crippen molar-refractivity contribution in [2.75, 3.05) is 16.4 Å². The number of carbonyl (C=O) groups is 2. The summed E-state index contributed by atoms with van der Waals surface area (Å²) in [4.78, 5) is 24.5. The molecule has 0 spiro atoms. The number of para-hydroxylation sites is 1. The molecule has 0 aliphatic carbocycles. The molecule has 0 saturated heterocycles. The van der Waals surface area contributed by atoms with E-state index in [-0.39, 0.29) is 11.6 Å². The molecule has 0 saturated carbocycles. The Hall–Kier alpha value is -2.48. The number of nitrogens with one attached hydrogen (secondary N) is 2. The van der Waals surface area contributed by atoms with Crippen molar-refractivity contribution in [2.24, 2.45) is 0 Å². The maximum atomic E-state index is 13.1. The molecule has 0 radical (unpaired) electrons. The molecule has 0 fully saturated rings. The van der Waals surface area contributed by atoms with Crippen molar-refractivity contribution >= 4 is 35.0 Å². The number of benzene rings is 2. The standard InChI is InChI=1S/C23H27F3N2O2S/c1-14-12-15(2)21(16(3)13-14)28-20(29)10-7-11-31-17(4)22(30)27-19-9-6-5-8-18(19)23(24,25)26/h5-6,8-9,12-13,17H,7,10-11H2,1-4H3,(H,27,30)(H,28,29). The van der Waals surface area contributed by atoms with Crippen LogP contribution in [0.1, 0.15) is 42.0 Å². The number of alkyl halides is 3. The maximum Gasteiger partial charge on any atom is 0.418 e. The molecule has 168 valence electrons. The van der Waals surface area contributed by atoms with Crippen LogP contribution in [0.4, 0.5) is 24.5 Å². The fourth-order valence-corrected chi connectivity index (χ4v) is 4.10. The van der Waals surface area contributed by atoms with Gasteiger partial charge in [0, 0.05) is 12.1 Å². The number of amides is 2. The number of rotatable bonds is 8. The highest BCUT2D eigenvalue weighted by atomic mass is 32.2. The van der Waals surface area contributed by atoms with Gasteiger partial charge in [-0.05, 0) is 63.1 Å². The first-order chi connectivity index (χ1) is 14.5. The molecule has 2 rings (SSSR count). The van der Waals surface area contributed by atoms with E-state index in [1.807, 2.05) is 32.9 Å². The topological polar surface area (TPSA) is 58.2 Å². The Balaban J connectivity index is 1.80. The first kappa shape index (κ1) is 24.8. The zero-order valence-corrected chi connectivity index (χ0v) is 18.8. The van der Waals surface area contributed by atoms with Gasteiger partial charge in [0.25, 0.3) is 0 Å². The number of thioether (sulfide) groups is 1. The highest BCUT2D eigenvalue weighted by Crippen LogP contribution is 2.34. The van der Waals surface area contributed by atoms with Crippen LogP contribution in [0.15, 0.2) is 36.4 Å². The first-order valence-corrected chi connectivity index (χ1v) is 11.0. The third-order valence-corrected chi connectivity index (χ3v) is 5.96. The summed E-state index contributed by atoms with van der Waals surface area (Å²) in [6, 6.07) is 8.91. The normalized spacial score (nSPS) is 12.4. The number of halogens is 3. The lowest BCUT2D eigenvalue weighted by Gasteiger charge is -2.16. The molecule has 8 heteroatoms. The lowest BCUT2D eigenvalue weighted by molar-refractivity contribution is -0.137. The van der Waals surface area contributed by atoms with Crippen LogP contribution in [-0.2, 0) is 15.8 Å². The van der Waals surface area contributed by atoms with Gasteiger partial charge < -0.3 is 10.6 Å². The molecule has 0 heterocycles. The molecule has 0 bridgehead atoms. The first-order valence-electron chi connectivity index (χ1n) is 9.95. The van der Waals surface area contributed by atoms with E-state index in [1.54, 1.807) is 6.92 Å². The van der Waals surface area contributed by atoms with E-state index >= 15 is 0 Å². The van der Waals surface area contributed by atoms with Gasteiger partial charge in [-0.2, -0.15) is 13.2 Å². The second-order valence-electron chi connectivity index (χ2n) is 7.47. The zero-order chi connectivity index (χ0) is 23.2. The Morgan fingerprint density at radius 2 is 1.65 bits per heavy atom. The van der Waals surface area contributed by atoms with E-state index in [9.17, 15) is 22.8 Å². The van der Waals surface area contributed by atoms with Gasteiger partial charge in [0.2, 0.25) is 11.8 Å². The fourth-order valence-electron chi connectivity index (χ4n) is 3.22. The number of anilines is 2. The summed E-state index contributed by atoms with van der Waals surface area (Å²) < 4.78 is 39.2. The Bertz CT molecular complexity index is 922. The molecule has 0 aliphatic rings. The molecule has 2 amide bonds. The van der Waals surface area contributed by atoms with Crippen LogP contribution in [0.25, 0.3) is 0 Å². The highest BCUT2D eigenvalue weighted by molar-refractivity contribution is 8.00. The van der Waals surface area contributed by atoms with Crippen molar-refractivity contribution in [1.29, 1.82) is 0 Å². The average Bonchev–Trinajstić information content (AvgIpc) is 2.67. The second kappa shape index (κ2) is 10.7. The molecule has 2 aromatic carbocycles. The molecule has 1 unspecified atom stereocenters. The Labute approximate surface area is 185 Å². The molecule has 4 nitrogen and oxygen atoms in total. The van der Waals surface area contributed by atoms with E-state index in [2.05, 4.69) is 10.6 Å². The molecular formula is C23H27F3N2O2S. The molecule has 2 aromatic rings. The van der Waals surface area contributed by atoms with Gasteiger partial charge in [0.05, 0.1) is 16.5 Å². The van der Waals surface area contributed by atoms with Crippen molar-refractivity contribution in [3.63, 3.8) is 0 Å². The van der Waals surface area contributed by atoms with Gasteiger partial charge >= 0.3 is 6.18 Å². The summed E-state index contributed by atoms with van der Waals surface area (Å²) in [5, 5.41) is 4.74. The van der Waals surface area contributed by atoms with E-state index in [1.165, 1.54) is 30.0 Å². The summed E-state index contributed by atoms with van der Waals surface area (Å²) >= 11 is 1.30. The molecule has 0 aromatic heterocycles. The van der Waals surface area contributed by atoms with Crippen LogP contribution in [-0.4, -0.2) is 22.8 Å². The summed E-state index contributed by atoms with van der Waals surface area (Å²) in [7, 11) is 0. The third-order valence-electron chi connectivity index (χ3n) is 4.72. The lowest BCUT2D eigenvalue weighted by Crippen LogP contribution is -2.24. The number of hydrogen-bond donors (Lipinski definition) is 2. The Morgan fingerprint density at radius 3 is 2.26 bits per heavy atom. The smallest absolute Gasteiger partial charge is 0.326 e. The minimum absolute atomic E-state index is 0.105. The predicted octanol–water partition coefficient (Wildman–Crippen LogP) is 6.11. The number of carbonyl (C=O) groups excluding carboxylic acids is 2. The van der Waals surface area contributed by atoms with Crippen molar-refractivity contribution < 1.29 is 22.8 Å². The van der Waals surface area contributed by atoms with Crippen molar-refractivity contribution in [3.05, 3.63) is 58.7 Å². The highest BCUT2D eigenvalue weighted by Gasteiger charge is 2.33. The Kier molecular flexibility index (Phi) is 8.56. The monoisotopic (exact) mass is 452 g/mol. The van der Waals surface area contributed by atoms with E-state index in [0.717, 1.165) is 28.4 Å². The molecule has 0 aliphatic heterocycles. The fraction of sp³-hybridized carbons (Fsp3) is 0.391. The SMILES string of the molecule is Cc1cc(C)c(NC(=O)CCCSC(C)C(=O)Nc2ccccc2C(F)(F)F)c(C)c1. The quantitative estimate of drug-likeness (QED) is 0.475. The van der Waals surface area contributed by atoms with Crippen LogP contribution in [0.5, 0.6) is 0 Å². The number of aryl methyl sites for hydroxylation is 3. The van der Waals surface area contributed by atoms with Crippen LogP contribution in [0.2, 0.25) is 0 Å². The van der Waals surface area contributed by atoms with Gasteiger partial charge in [0.1, 0.15) is 0 Å². The summed E-state index contributed by atoms with van der Waals surface area (Å²) in [5.41, 5.74) is 2.83. The van der Waals surface area contributed by atoms with Crippen molar-refractivity contribution in [1.82, 2.24) is 0 Å². The summed E-state index contributed by atoms with van der Waals surface area (Å²) in [5.74, 6) is -0.0710. The molecule has 1 atom stereocenters. The summed E-state index contributed by atoms with van der Waals surface area (Å²) in [6.07, 6.45) is -3.69. The van der Waals surface area contributed by atoms with E-state index < -0.39 is 22.9 Å². The summed E-state index contributed by atoms with van der Waals surface area (Å²) in [6.45, 7) is 7.53. The van der Waals surface area contributed by atoms with Crippen LogP contribution in [0.3, 0.4) is 0 Å². The van der Waals surface area contributed by atoms with Gasteiger partial charge in [-0.15, -0.1) is 11.8 Å². The van der Waals surface area contributed by atoms with Gasteiger partial charge in [0.15, 0.2) is 0 Å². The van der Waals surface area contributed by atoms with E-state index in [0.29, 0.717) is 18.6 Å². The van der Waals surface area contributed by atoms with Crippen LogP contribution in [0, 0.1) is 20.8 Å². The Morgan fingerprint density at radius 1 is 1.03 bits per heavy atom. The minimum Gasteiger partial charge on any atom is -0.326 e. The maximum absolute atomic E-state index is 13.1. The largest absolute Gasteiger partial charge is 0.418 e. The molecule has 31 heavy (non-hydrogen) atoms. The molecular weight excluding hydrogens is 425 g/mol. The van der Waals surface area contributed by atoms with Gasteiger partial charge in [-0.25, -0.2) is 0 Å². The van der Waals surface area contributed by atoms with Crippen molar-refractivity contribution in [3.8, 4) is 0 Å². The average molecular weight is 453 g/mol. The zero-order valence-electron chi connectivity index (χ0n) is 18.0. The minimum atomic E-state index is -4.54. The van der Waals surface area contributed by atoms with Crippen LogP contribution >= 0.6 is 11.8 Å². The number of hydrogen-bond acceptors (Lipinski definition) is 3. The van der Waals surface area contributed by atoms with E-state index in [4.69, 9.17) is 0 Å². The van der Waals surface area contributed by atoms with Crippen molar-refractivity contribution in [2.45, 2.75) is 52.0 Å². The van der Waals surface area contributed by atoms with Gasteiger partial charge in [-0.1, -0.05) is 29.8 Å². The van der Waals surface area contributed by atoms with Gasteiger partial charge in [-0.3, -0.25) is 9.59 Å². The lowest BCUT2D eigenvalue weighted by atomic mass is 10.0. The second-order valence-corrected chi connectivity index (χ2v) is 8.92. The third kappa shape index (κ3) is 7.31. The van der Waals surface area contributed by atoms with Crippen LogP contribution < -0.4 is 10.6 Å². The predicted molar refractivity (Wildman–Crippen MR) is 121 cm³/mol.